The van der Waals surface area contributed by atoms with Gasteiger partial charge in [-0.1, -0.05) is 11.6 Å². The van der Waals surface area contributed by atoms with Crippen LogP contribution >= 0.6 is 22.9 Å². The van der Waals surface area contributed by atoms with Gasteiger partial charge in [-0.05, 0) is 43.7 Å². The van der Waals surface area contributed by atoms with Crippen LogP contribution in [0, 0.1) is 0 Å². The number of nitrogen functional groups attached to an aromatic ring is 1. The second kappa shape index (κ2) is 7.33. The molecule has 0 aliphatic rings. The van der Waals surface area contributed by atoms with E-state index in [1.54, 1.807) is 30.4 Å². The van der Waals surface area contributed by atoms with Gasteiger partial charge in [0.1, 0.15) is 0 Å². The van der Waals surface area contributed by atoms with Gasteiger partial charge in [0.15, 0.2) is 0 Å². The van der Waals surface area contributed by atoms with Crippen molar-refractivity contribution < 1.29 is 9.53 Å². The van der Waals surface area contributed by atoms with Crippen molar-refractivity contribution in [3.05, 3.63) is 45.1 Å². The Hall–Kier alpha value is -1.72. The second-order valence-corrected chi connectivity index (χ2v) is 6.20. The van der Waals surface area contributed by atoms with Crippen molar-refractivity contribution in [2.45, 2.75) is 13.3 Å². The lowest BCUT2D eigenvalue weighted by Gasteiger charge is -2.10. The molecule has 0 saturated carbocycles. The summed E-state index contributed by atoms with van der Waals surface area (Å²) in [6.07, 6.45) is 0.872. The number of rotatable bonds is 6. The third-order valence-electron chi connectivity index (χ3n) is 2.88. The SMILES string of the molecule is CCOC(=O)c1cc(NCCc2ccc(Cl)s2)ccc1N. The number of hydrogen-bond donors (Lipinski definition) is 2. The third kappa shape index (κ3) is 4.37. The molecule has 21 heavy (non-hydrogen) atoms. The molecule has 112 valence electrons. The highest BCUT2D eigenvalue weighted by molar-refractivity contribution is 7.16. The number of thiophene rings is 1. The van der Waals surface area contributed by atoms with Crippen molar-refractivity contribution in [3.8, 4) is 0 Å². The minimum atomic E-state index is -0.399. The van der Waals surface area contributed by atoms with Crippen LogP contribution in [-0.2, 0) is 11.2 Å². The van der Waals surface area contributed by atoms with E-state index in [-0.39, 0.29) is 0 Å². The summed E-state index contributed by atoms with van der Waals surface area (Å²) in [4.78, 5) is 13.0. The average molecular weight is 325 g/mol. The van der Waals surface area contributed by atoms with Gasteiger partial charge in [-0.25, -0.2) is 4.79 Å². The Morgan fingerprint density at radius 3 is 2.86 bits per heavy atom. The van der Waals surface area contributed by atoms with Crippen LogP contribution in [0.3, 0.4) is 0 Å². The van der Waals surface area contributed by atoms with Gasteiger partial charge in [-0.15, -0.1) is 11.3 Å². The first-order chi connectivity index (χ1) is 10.1. The first kappa shape index (κ1) is 15.7. The third-order valence-corrected chi connectivity index (χ3v) is 4.17. The molecule has 0 radical (unpaired) electrons. The number of carbonyl (C=O) groups is 1. The second-order valence-electron chi connectivity index (χ2n) is 4.41. The lowest BCUT2D eigenvalue weighted by molar-refractivity contribution is 0.0527. The van der Waals surface area contributed by atoms with Crippen LogP contribution in [0.25, 0.3) is 0 Å². The fourth-order valence-corrected chi connectivity index (χ4v) is 2.96. The van der Waals surface area contributed by atoms with Crippen molar-refractivity contribution in [2.24, 2.45) is 0 Å². The van der Waals surface area contributed by atoms with E-state index >= 15 is 0 Å². The van der Waals surface area contributed by atoms with Gasteiger partial charge in [-0.3, -0.25) is 0 Å². The number of hydrogen-bond acceptors (Lipinski definition) is 5. The first-order valence-corrected chi connectivity index (χ1v) is 7.84. The molecular formula is C15H17ClN2O2S. The maximum atomic E-state index is 11.8. The molecule has 0 aliphatic heterocycles. The smallest absolute Gasteiger partial charge is 0.340 e. The molecule has 3 N–H and O–H groups in total. The largest absolute Gasteiger partial charge is 0.462 e. The number of nitrogens with one attached hydrogen (secondary N) is 1. The highest BCUT2D eigenvalue weighted by Crippen LogP contribution is 2.22. The Morgan fingerprint density at radius 1 is 1.38 bits per heavy atom. The van der Waals surface area contributed by atoms with Crippen molar-refractivity contribution >= 4 is 40.3 Å². The van der Waals surface area contributed by atoms with E-state index in [2.05, 4.69) is 5.32 Å². The average Bonchev–Trinajstić information content (AvgIpc) is 2.86. The van der Waals surface area contributed by atoms with E-state index in [1.807, 2.05) is 18.2 Å². The fourth-order valence-electron chi connectivity index (χ4n) is 1.87. The molecular weight excluding hydrogens is 308 g/mol. The number of halogens is 1. The molecule has 6 heteroatoms. The number of nitrogens with two attached hydrogens (primary N) is 1. The number of carbonyl (C=O) groups excluding carboxylic acids is 1. The Balaban J connectivity index is 1.97. The fraction of sp³-hybridized carbons (Fsp3) is 0.267. The summed E-state index contributed by atoms with van der Waals surface area (Å²) in [6, 6.07) is 9.18. The van der Waals surface area contributed by atoms with Gasteiger partial charge in [0, 0.05) is 22.8 Å². The van der Waals surface area contributed by atoms with Gasteiger partial charge in [0.2, 0.25) is 0 Å². The summed E-state index contributed by atoms with van der Waals surface area (Å²) >= 11 is 7.46. The molecule has 1 aromatic heterocycles. The molecule has 2 aromatic rings. The zero-order valence-corrected chi connectivity index (χ0v) is 13.3. The van der Waals surface area contributed by atoms with Crippen LogP contribution in [-0.4, -0.2) is 19.1 Å². The summed E-state index contributed by atoms with van der Waals surface area (Å²) in [7, 11) is 0. The predicted molar refractivity (Wildman–Crippen MR) is 88.3 cm³/mol. The summed E-state index contributed by atoms with van der Waals surface area (Å²) in [5, 5.41) is 3.27. The lowest BCUT2D eigenvalue weighted by Crippen LogP contribution is -2.10. The molecule has 0 fully saturated rings. The van der Waals surface area contributed by atoms with E-state index in [0.29, 0.717) is 17.9 Å². The van der Waals surface area contributed by atoms with Crippen LogP contribution in [0.1, 0.15) is 22.2 Å². The first-order valence-electron chi connectivity index (χ1n) is 6.65. The molecule has 1 heterocycles. The minimum absolute atomic E-state index is 0.328. The van der Waals surface area contributed by atoms with E-state index < -0.39 is 5.97 Å². The van der Waals surface area contributed by atoms with Crippen LogP contribution in [0.5, 0.6) is 0 Å². The van der Waals surface area contributed by atoms with Gasteiger partial charge >= 0.3 is 5.97 Å². The van der Waals surface area contributed by atoms with Gasteiger partial charge in [0.25, 0.3) is 0 Å². The summed E-state index contributed by atoms with van der Waals surface area (Å²) in [5.41, 5.74) is 7.45. The molecule has 4 nitrogen and oxygen atoms in total. The van der Waals surface area contributed by atoms with Crippen molar-refractivity contribution in [1.29, 1.82) is 0 Å². The molecule has 1 aromatic carbocycles. The number of benzene rings is 1. The normalized spacial score (nSPS) is 10.4. The predicted octanol–water partition coefficient (Wildman–Crippen LogP) is 3.82. The van der Waals surface area contributed by atoms with Crippen molar-refractivity contribution in [2.75, 3.05) is 24.2 Å². The van der Waals surface area contributed by atoms with E-state index in [4.69, 9.17) is 22.1 Å². The van der Waals surface area contributed by atoms with E-state index in [0.717, 1.165) is 23.0 Å². The number of esters is 1. The summed E-state index contributed by atoms with van der Waals surface area (Å²) in [5.74, 6) is -0.399. The van der Waals surface area contributed by atoms with Crippen LogP contribution in [0.15, 0.2) is 30.3 Å². The molecule has 0 bridgehead atoms. The van der Waals surface area contributed by atoms with E-state index in [1.165, 1.54) is 4.88 Å². The maximum Gasteiger partial charge on any atom is 0.340 e. The Kier molecular flexibility index (Phi) is 5.47. The molecule has 0 amide bonds. The Labute approximate surface area is 132 Å². The van der Waals surface area contributed by atoms with Gasteiger partial charge in [0.05, 0.1) is 16.5 Å². The van der Waals surface area contributed by atoms with Crippen LogP contribution in [0.4, 0.5) is 11.4 Å². The Bertz CT molecular complexity index is 628. The lowest BCUT2D eigenvalue weighted by atomic mass is 10.1. The standard InChI is InChI=1S/C15H17ClN2O2S/c1-2-20-15(19)12-9-10(3-5-13(12)17)18-8-7-11-4-6-14(16)21-11/h3-6,9,18H,2,7-8,17H2,1H3. The van der Waals surface area contributed by atoms with Crippen molar-refractivity contribution in [1.82, 2.24) is 0 Å². The van der Waals surface area contributed by atoms with Gasteiger partial charge in [-0.2, -0.15) is 0 Å². The van der Waals surface area contributed by atoms with E-state index in [9.17, 15) is 4.79 Å². The highest BCUT2D eigenvalue weighted by Gasteiger charge is 2.11. The molecule has 0 aliphatic carbocycles. The molecule has 2 rings (SSSR count). The van der Waals surface area contributed by atoms with Crippen LogP contribution < -0.4 is 11.1 Å². The zero-order valence-electron chi connectivity index (χ0n) is 11.7. The monoisotopic (exact) mass is 324 g/mol. The van der Waals surface area contributed by atoms with Crippen LogP contribution in [0.2, 0.25) is 4.34 Å². The molecule has 0 saturated heterocycles. The molecule has 0 atom stereocenters. The zero-order chi connectivity index (χ0) is 15.2. The Morgan fingerprint density at radius 2 is 2.19 bits per heavy atom. The summed E-state index contributed by atoms with van der Waals surface area (Å²) in [6.45, 7) is 2.85. The molecule has 0 spiro atoms. The topological polar surface area (TPSA) is 64.3 Å². The number of anilines is 2. The van der Waals surface area contributed by atoms with Gasteiger partial charge < -0.3 is 15.8 Å². The highest BCUT2D eigenvalue weighted by atomic mass is 35.5. The quantitative estimate of drug-likeness (QED) is 0.626. The maximum absolute atomic E-state index is 11.8. The van der Waals surface area contributed by atoms with Crippen molar-refractivity contribution in [3.63, 3.8) is 0 Å². The summed E-state index contributed by atoms with van der Waals surface area (Å²) < 4.78 is 5.77. The number of ether oxygens (including phenoxy) is 1. The minimum Gasteiger partial charge on any atom is -0.462 e. The molecule has 0 unspecified atom stereocenters.